The number of anilines is 1. The second-order valence-electron chi connectivity index (χ2n) is 2.15. The van der Waals surface area contributed by atoms with Gasteiger partial charge in [0.25, 0.3) is 0 Å². The molecule has 0 unspecified atom stereocenters. The third-order valence-electron chi connectivity index (χ3n) is 1.19. The van der Waals surface area contributed by atoms with Crippen molar-refractivity contribution in [1.29, 1.82) is 0 Å². The largest absolute Gasteiger partial charge is 1.00 e. The van der Waals surface area contributed by atoms with E-state index in [-0.39, 0.29) is 29.6 Å². The zero-order chi connectivity index (χ0) is 10.1. The van der Waals surface area contributed by atoms with E-state index in [1.165, 1.54) is 4.72 Å². The molecule has 1 N–H and O–H groups in total. The van der Waals surface area contributed by atoms with Crippen LogP contribution in [-0.2, 0) is 10.3 Å². The van der Waals surface area contributed by atoms with Crippen LogP contribution in [0.4, 0.5) is 14.5 Å². The van der Waals surface area contributed by atoms with Crippen LogP contribution < -0.4 is 34.3 Å². The average molecular weight is 231 g/mol. The summed E-state index contributed by atoms with van der Waals surface area (Å²) in [5.74, 6) is -2.28. The molecule has 1 aromatic carbocycles. The Balaban J connectivity index is 0.00000169. The summed E-state index contributed by atoms with van der Waals surface area (Å²) in [7, 11) is -4.90. The van der Waals surface area contributed by atoms with Crippen molar-refractivity contribution in [2.75, 3.05) is 4.72 Å². The van der Waals surface area contributed by atoms with E-state index in [9.17, 15) is 21.8 Å². The molecule has 0 saturated carbocycles. The molecule has 0 heterocycles. The molecule has 0 bridgehead atoms. The van der Waals surface area contributed by atoms with Gasteiger partial charge >= 0.3 is 29.6 Å². The topological polar surface area (TPSA) is 69.2 Å². The maximum atomic E-state index is 12.7. The van der Waals surface area contributed by atoms with E-state index in [0.717, 1.165) is 18.2 Å². The molecule has 0 atom stereocenters. The number of nitrogens with one attached hydrogen (secondary N) is 1. The summed E-state index contributed by atoms with van der Waals surface area (Å²) in [5.41, 5.74) is -0.961. The Hall–Kier alpha value is -0.210. The van der Waals surface area contributed by atoms with Crippen LogP contribution in [0.25, 0.3) is 0 Å². The van der Waals surface area contributed by atoms with Crippen LogP contribution in [-0.4, -0.2) is 13.0 Å². The third kappa shape index (κ3) is 3.89. The van der Waals surface area contributed by atoms with E-state index in [2.05, 4.69) is 0 Å². The monoisotopic (exact) mass is 231 g/mol. The Morgan fingerprint density at radius 1 is 1.21 bits per heavy atom. The van der Waals surface area contributed by atoms with Crippen LogP contribution in [0.2, 0.25) is 0 Å². The Bertz CT molecular complexity index is 403. The molecule has 4 nitrogen and oxygen atoms in total. The summed E-state index contributed by atoms with van der Waals surface area (Å²) in [4.78, 5) is 0. The van der Waals surface area contributed by atoms with Crippen LogP contribution in [0, 0.1) is 11.6 Å². The number of rotatable bonds is 2. The molecule has 0 aliphatic carbocycles. The average Bonchev–Trinajstić information content (AvgIpc) is 1.95. The molecular weight excluding hydrogens is 227 g/mol. The van der Waals surface area contributed by atoms with Crippen LogP contribution in [0.5, 0.6) is 0 Å². The molecule has 0 spiro atoms. The van der Waals surface area contributed by atoms with Crippen molar-refractivity contribution in [3.63, 3.8) is 0 Å². The van der Waals surface area contributed by atoms with E-state index >= 15 is 0 Å². The Kier molecular flexibility index (Phi) is 4.96. The molecular formula is C6H4F2NNaO3S. The van der Waals surface area contributed by atoms with Gasteiger partial charge in [0.15, 0.2) is 10.3 Å². The van der Waals surface area contributed by atoms with Crippen molar-refractivity contribution in [2.24, 2.45) is 0 Å². The van der Waals surface area contributed by atoms with E-state index < -0.39 is 27.6 Å². The van der Waals surface area contributed by atoms with Crippen LogP contribution >= 0.6 is 0 Å². The van der Waals surface area contributed by atoms with Crippen LogP contribution in [0.15, 0.2) is 18.2 Å². The second-order valence-corrected chi connectivity index (χ2v) is 3.27. The molecule has 1 aromatic rings. The first-order valence-electron chi connectivity index (χ1n) is 3.08. The zero-order valence-corrected chi connectivity index (χ0v) is 9.94. The van der Waals surface area contributed by atoms with Gasteiger partial charge in [-0.25, -0.2) is 17.2 Å². The summed E-state index contributed by atoms with van der Waals surface area (Å²) >= 11 is 0. The maximum absolute atomic E-state index is 12.7. The first-order valence-corrected chi connectivity index (χ1v) is 4.48. The maximum Gasteiger partial charge on any atom is 1.00 e. The van der Waals surface area contributed by atoms with Gasteiger partial charge in [-0.3, -0.25) is 4.72 Å². The first kappa shape index (κ1) is 13.8. The molecule has 0 aromatic heterocycles. The van der Waals surface area contributed by atoms with E-state index in [1.54, 1.807) is 0 Å². The van der Waals surface area contributed by atoms with Gasteiger partial charge in [-0.1, -0.05) is 6.07 Å². The fourth-order valence-electron chi connectivity index (χ4n) is 0.720. The molecule has 0 aliphatic rings. The fraction of sp³-hybridized carbons (Fsp3) is 0. The number of benzene rings is 1. The third-order valence-corrected chi connectivity index (χ3v) is 1.64. The van der Waals surface area contributed by atoms with Gasteiger partial charge < -0.3 is 4.55 Å². The number of hydrogen-bond donors (Lipinski definition) is 1. The minimum Gasteiger partial charge on any atom is -0.731 e. The standard InChI is InChI=1S/C6H5F2NO3S.Na/c7-4-2-1-3-5(8)6(4)9-13(10,11)12;/h1-3,9H,(H,10,11,12);/q;+1/p-1. The Morgan fingerprint density at radius 2 is 1.64 bits per heavy atom. The van der Waals surface area contributed by atoms with Crippen molar-refractivity contribution in [2.45, 2.75) is 0 Å². The first-order chi connectivity index (χ1) is 5.90. The summed E-state index contributed by atoms with van der Waals surface area (Å²) < 4.78 is 56.8. The van der Waals surface area contributed by atoms with Crippen molar-refractivity contribution < 1.29 is 51.3 Å². The Morgan fingerprint density at radius 3 is 2.00 bits per heavy atom. The van der Waals surface area contributed by atoms with Crippen molar-refractivity contribution >= 4 is 16.0 Å². The van der Waals surface area contributed by atoms with Crippen molar-refractivity contribution in [3.05, 3.63) is 29.8 Å². The van der Waals surface area contributed by atoms with Crippen LogP contribution in [0.1, 0.15) is 0 Å². The predicted octanol–water partition coefficient (Wildman–Crippen LogP) is -2.16. The predicted molar refractivity (Wildman–Crippen MR) is 39.7 cm³/mol. The van der Waals surface area contributed by atoms with Gasteiger partial charge in [0.1, 0.15) is 17.3 Å². The summed E-state index contributed by atoms with van der Waals surface area (Å²) in [6.45, 7) is 0. The van der Waals surface area contributed by atoms with Crippen molar-refractivity contribution in [3.8, 4) is 0 Å². The quantitative estimate of drug-likeness (QED) is 0.465. The number of hydrogen-bond acceptors (Lipinski definition) is 3. The van der Waals surface area contributed by atoms with E-state index in [1.807, 2.05) is 0 Å². The minimum atomic E-state index is -4.90. The molecule has 0 saturated heterocycles. The molecule has 0 radical (unpaired) electrons. The molecule has 72 valence electrons. The van der Waals surface area contributed by atoms with Crippen LogP contribution in [0.3, 0.4) is 0 Å². The van der Waals surface area contributed by atoms with Gasteiger partial charge in [0, 0.05) is 0 Å². The SMILES string of the molecule is O=S(=O)([O-])Nc1c(F)cccc1F.[Na+]. The Labute approximate surface area is 101 Å². The fourth-order valence-corrected chi connectivity index (χ4v) is 1.17. The van der Waals surface area contributed by atoms with Gasteiger partial charge in [-0.2, -0.15) is 0 Å². The van der Waals surface area contributed by atoms with Gasteiger partial charge in [-0.15, -0.1) is 0 Å². The molecule has 8 heteroatoms. The van der Waals surface area contributed by atoms with Gasteiger partial charge in [-0.05, 0) is 12.1 Å². The van der Waals surface area contributed by atoms with E-state index in [0.29, 0.717) is 0 Å². The van der Waals surface area contributed by atoms with Crippen molar-refractivity contribution in [1.82, 2.24) is 0 Å². The van der Waals surface area contributed by atoms with Gasteiger partial charge in [0.2, 0.25) is 0 Å². The second kappa shape index (κ2) is 5.04. The molecule has 0 fully saturated rings. The molecule has 0 amide bonds. The molecule has 1 rings (SSSR count). The zero-order valence-electron chi connectivity index (χ0n) is 7.12. The molecule has 0 aliphatic heterocycles. The summed E-state index contributed by atoms with van der Waals surface area (Å²) in [6.07, 6.45) is 0. The smallest absolute Gasteiger partial charge is 0.731 e. The summed E-state index contributed by atoms with van der Waals surface area (Å²) in [5, 5.41) is 0. The number of para-hydroxylation sites is 1. The normalized spacial score (nSPS) is 10.5. The number of halogens is 2. The molecule has 14 heavy (non-hydrogen) atoms. The summed E-state index contributed by atoms with van der Waals surface area (Å²) in [6, 6.07) is 2.71. The van der Waals surface area contributed by atoms with Gasteiger partial charge in [0.05, 0.1) is 0 Å². The minimum absolute atomic E-state index is 0. The van der Waals surface area contributed by atoms with E-state index in [4.69, 9.17) is 0 Å².